The molecule has 2 amide bonds. The average molecular weight is 380 g/mol. The summed E-state index contributed by atoms with van der Waals surface area (Å²) in [6.07, 6.45) is -4.83. The Kier molecular flexibility index (Phi) is 6.44. The van der Waals surface area contributed by atoms with Crippen LogP contribution >= 0.6 is 0 Å². The number of carbonyl (C=O) groups is 2. The highest BCUT2D eigenvalue weighted by atomic mass is 19.4. The minimum atomic E-state index is -4.76. The molecule has 27 heavy (non-hydrogen) atoms. The molecule has 0 aliphatic carbocycles. The van der Waals surface area contributed by atoms with E-state index < -0.39 is 12.3 Å². The maximum absolute atomic E-state index is 12.1. The first-order chi connectivity index (χ1) is 12.6. The van der Waals surface area contributed by atoms with Gasteiger partial charge in [0.05, 0.1) is 13.0 Å². The summed E-state index contributed by atoms with van der Waals surface area (Å²) >= 11 is 0. The molecule has 0 bridgehead atoms. The molecule has 0 saturated heterocycles. The highest BCUT2D eigenvalue weighted by molar-refractivity contribution is 5.95. The third-order valence-electron chi connectivity index (χ3n) is 3.71. The van der Waals surface area contributed by atoms with Crippen molar-refractivity contribution in [2.45, 2.75) is 26.6 Å². The van der Waals surface area contributed by atoms with Gasteiger partial charge in [0.25, 0.3) is 0 Å². The number of aryl methyl sites for hydroxylation is 2. The first-order valence-corrected chi connectivity index (χ1v) is 8.11. The van der Waals surface area contributed by atoms with Gasteiger partial charge in [0, 0.05) is 5.69 Å². The Morgan fingerprint density at radius 1 is 0.963 bits per heavy atom. The number of amides is 2. The number of benzene rings is 2. The molecule has 2 rings (SSSR count). The molecule has 0 radical (unpaired) electrons. The van der Waals surface area contributed by atoms with Crippen LogP contribution in [0.2, 0.25) is 0 Å². The standard InChI is InChI=1S/C19H19F3N2O3/c1-12-4-3-5-13(2)18(12)24-17(26)11-23-16(25)10-14-6-8-15(9-7-14)27-19(20,21)22/h3-9H,10-11H2,1-2H3,(H,23,25)(H,24,26). The van der Waals surface area contributed by atoms with E-state index in [0.29, 0.717) is 11.3 Å². The van der Waals surface area contributed by atoms with E-state index in [1.54, 1.807) is 0 Å². The highest BCUT2D eigenvalue weighted by Gasteiger charge is 2.30. The van der Waals surface area contributed by atoms with Gasteiger partial charge in [0.15, 0.2) is 0 Å². The van der Waals surface area contributed by atoms with Crippen LogP contribution in [0.5, 0.6) is 5.75 Å². The van der Waals surface area contributed by atoms with Crippen LogP contribution < -0.4 is 15.4 Å². The predicted molar refractivity (Wildman–Crippen MR) is 94.4 cm³/mol. The van der Waals surface area contributed by atoms with E-state index in [9.17, 15) is 22.8 Å². The maximum atomic E-state index is 12.1. The van der Waals surface area contributed by atoms with E-state index in [4.69, 9.17) is 0 Å². The number of para-hydroxylation sites is 1. The fourth-order valence-electron chi connectivity index (χ4n) is 2.43. The van der Waals surface area contributed by atoms with Gasteiger partial charge in [-0.25, -0.2) is 0 Å². The summed E-state index contributed by atoms with van der Waals surface area (Å²) in [6, 6.07) is 10.6. The van der Waals surface area contributed by atoms with E-state index >= 15 is 0 Å². The third kappa shape index (κ3) is 6.65. The van der Waals surface area contributed by atoms with E-state index in [1.165, 1.54) is 12.1 Å². The normalized spacial score (nSPS) is 11.0. The number of hydrogen-bond acceptors (Lipinski definition) is 3. The Balaban J connectivity index is 1.83. The zero-order valence-electron chi connectivity index (χ0n) is 14.8. The van der Waals surface area contributed by atoms with Crippen LogP contribution in [0.25, 0.3) is 0 Å². The van der Waals surface area contributed by atoms with Crippen molar-refractivity contribution in [3.8, 4) is 5.75 Å². The van der Waals surface area contributed by atoms with Crippen LogP contribution in [-0.2, 0) is 16.0 Å². The van der Waals surface area contributed by atoms with Gasteiger partial charge in [-0.15, -0.1) is 13.2 Å². The van der Waals surface area contributed by atoms with E-state index in [-0.39, 0.29) is 24.6 Å². The number of anilines is 1. The first kappa shape index (κ1) is 20.3. The summed E-state index contributed by atoms with van der Waals surface area (Å²) in [7, 11) is 0. The summed E-state index contributed by atoms with van der Waals surface area (Å²) < 4.78 is 40.1. The number of hydrogen-bond donors (Lipinski definition) is 2. The summed E-state index contributed by atoms with van der Waals surface area (Å²) in [4.78, 5) is 23.9. The molecule has 5 nitrogen and oxygen atoms in total. The van der Waals surface area contributed by atoms with E-state index in [2.05, 4.69) is 15.4 Å². The van der Waals surface area contributed by atoms with Gasteiger partial charge < -0.3 is 15.4 Å². The largest absolute Gasteiger partial charge is 0.573 e. The molecule has 0 atom stereocenters. The molecule has 2 aromatic rings. The summed E-state index contributed by atoms with van der Waals surface area (Å²) in [5.41, 5.74) is 3.03. The van der Waals surface area contributed by atoms with E-state index in [0.717, 1.165) is 23.3 Å². The molecule has 0 aromatic heterocycles. The monoisotopic (exact) mass is 380 g/mol. The van der Waals surface area contributed by atoms with Gasteiger partial charge in [-0.05, 0) is 42.7 Å². The zero-order valence-corrected chi connectivity index (χ0v) is 14.8. The highest BCUT2D eigenvalue weighted by Crippen LogP contribution is 2.23. The molecule has 8 heteroatoms. The molecule has 144 valence electrons. The van der Waals surface area contributed by atoms with Crippen molar-refractivity contribution >= 4 is 17.5 Å². The molecule has 0 spiro atoms. The molecule has 0 aliphatic rings. The lowest BCUT2D eigenvalue weighted by atomic mass is 10.1. The Morgan fingerprint density at radius 3 is 2.11 bits per heavy atom. The molecule has 0 saturated carbocycles. The Hall–Kier alpha value is -3.03. The lowest BCUT2D eigenvalue weighted by molar-refractivity contribution is -0.274. The van der Waals surface area contributed by atoms with Gasteiger partial charge in [0.2, 0.25) is 11.8 Å². The smallest absolute Gasteiger partial charge is 0.406 e. The van der Waals surface area contributed by atoms with Gasteiger partial charge in [-0.3, -0.25) is 9.59 Å². The SMILES string of the molecule is Cc1cccc(C)c1NC(=O)CNC(=O)Cc1ccc(OC(F)(F)F)cc1. The van der Waals surface area contributed by atoms with Crippen LogP contribution in [0, 0.1) is 13.8 Å². The molecule has 0 unspecified atom stereocenters. The lowest BCUT2D eigenvalue weighted by Gasteiger charge is -2.12. The quantitative estimate of drug-likeness (QED) is 0.806. The zero-order chi connectivity index (χ0) is 20.0. The number of alkyl halides is 3. The number of halogens is 3. The van der Waals surface area contributed by atoms with Gasteiger partial charge >= 0.3 is 6.36 Å². The third-order valence-corrected chi connectivity index (χ3v) is 3.71. The van der Waals surface area contributed by atoms with Crippen LogP contribution in [0.4, 0.5) is 18.9 Å². The minimum Gasteiger partial charge on any atom is -0.406 e. The van der Waals surface area contributed by atoms with Crippen LogP contribution in [-0.4, -0.2) is 24.7 Å². The second kappa shape index (κ2) is 8.57. The van der Waals surface area contributed by atoms with E-state index in [1.807, 2.05) is 32.0 Å². The van der Waals surface area contributed by atoms with Crippen molar-refractivity contribution in [3.63, 3.8) is 0 Å². The second-order valence-electron chi connectivity index (χ2n) is 5.96. The Bertz CT molecular complexity index is 798. The van der Waals surface area contributed by atoms with Crippen molar-refractivity contribution in [1.82, 2.24) is 5.32 Å². The molecule has 2 N–H and O–H groups in total. The maximum Gasteiger partial charge on any atom is 0.573 e. The van der Waals surface area contributed by atoms with Gasteiger partial charge in [0.1, 0.15) is 5.75 Å². The van der Waals surface area contributed by atoms with Crippen molar-refractivity contribution in [1.29, 1.82) is 0 Å². The number of ether oxygens (including phenoxy) is 1. The van der Waals surface area contributed by atoms with Crippen molar-refractivity contribution in [2.75, 3.05) is 11.9 Å². The summed E-state index contributed by atoms with van der Waals surface area (Å²) in [6.45, 7) is 3.53. The molecular weight excluding hydrogens is 361 g/mol. The van der Waals surface area contributed by atoms with Crippen LogP contribution in [0.15, 0.2) is 42.5 Å². The van der Waals surface area contributed by atoms with Crippen LogP contribution in [0.1, 0.15) is 16.7 Å². The number of nitrogens with one attached hydrogen (secondary N) is 2. The number of rotatable bonds is 6. The molecule has 0 heterocycles. The van der Waals surface area contributed by atoms with Crippen molar-refractivity contribution in [2.24, 2.45) is 0 Å². The van der Waals surface area contributed by atoms with Crippen molar-refractivity contribution in [3.05, 3.63) is 59.2 Å². The summed E-state index contributed by atoms with van der Waals surface area (Å²) in [5.74, 6) is -1.15. The lowest BCUT2D eigenvalue weighted by Crippen LogP contribution is -2.34. The Labute approximate surface area is 154 Å². The topological polar surface area (TPSA) is 67.4 Å². The molecule has 0 fully saturated rings. The molecule has 2 aromatic carbocycles. The molecular formula is C19H19F3N2O3. The summed E-state index contributed by atoms with van der Waals surface area (Å²) in [5, 5.41) is 5.23. The van der Waals surface area contributed by atoms with Gasteiger partial charge in [-0.1, -0.05) is 30.3 Å². The number of carbonyl (C=O) groups excluding carboxylic acids is 2. The molecule has 0 aliphatic heterocycles. The second-order valence-corrected chi connectivity index (χ2v) is 5.96. The van der Waals surface area contributed by atoms with Gasteiger partial charge in [-0.2, -0.15) is 0 Å². The average Bonchev–Trinajstić information content (AvgIpc) is 2.57. The first-order valence-electron chi connectivity index (χ1n) is 8.11. The van der Waals surface area contributed by atoms with Crippen molar-refractivity contribution < 1.29 is 27.5 Å². The predicted octanol–water partition coefficient (Wildman–Crippen LogP) is 3.50. The fraction of sp³-hybridized carbons (Fsp3) is 0.263. The minimum absolute atomic E-state index is 0.0665. The fourth-order valence-corrected chi connectivity index (χ4v) is 2.43. The van der Waals surface area contributed by atoms with Crippen LogP contribution in [0.3, 0.4) is 0 Å². The Morgan fingerprint density at radius 2 is 1.56 bits per heavy atom.